The van der Waals surface area contributed by atoms with Gasteiger partial charge in [0.25, 0.3) is 5.91 Å². The molecule has 4 rings (SSSR count). The number of aliphatic hydroxyl groups is 1. The summed E-state index contributed by atoms with van der Waals surface area (Å²) in [5, 5.41) is 11.6. The Labute approximate surface area is 180 Å². The van der Waals surface area contributed by atoms with Crippen LogP contribution in [0, 0.1) is 13.8 Å². The Hall–Kier alpha value is -2.67. The third-order valence-electron chi connectivity index (χ3n) is 5.80. The van der Waals surface area contributed by atoms with Crippen LogP contribution in [0.15, 0.2) is 35.6 Å². The summed E-state index contributed by atoms with van der Waals surface area (Å²) in [7, 11) is 0. The molecule has 2 aromatic rings. The lowest BCUT2D eigenvalue weighted by atomic mass is 9.94. The fourth-order valence-electron chi connectivity index (χ4n) is 4.55. The van der Waals surface area contributed by atoms with E-state index in [0.29, 0.717) is 22.9 Å². The summed E-state index contributed by atoms with van der Waals surface area (Å²) in [5.74, 6) is -0.548. The number of carbonyl (C=O) groups excluding carboxylic acids is 2. The Morgan fingerprint density at radius 3 is 2.67 bits per heavy atom. The zero-order valence-corrected chi connectivity index (χ0v) is 18.3. The summed E-state index contributed by atoms with van der Waals surface area (Å²) in [4.78, 5) is 33.2. The summed E-state index contributed by atoms with van der Waals surface area (Å²) in [6.45, 7) is 6.05. The summed E-state index contributed by atoms with van der Waals surface area (Å²) in [6, 6.07) is 6.84. The number of carbonyl (C=O) groups is 2. The lowest BCUT2D eigenvalue weighted by Crippen LogP contribution is -2.38. The smallest absolute Gasteiger partial charge is 0.290 e. The molecule has 7 heteroatoms. The van der Waals surface area contributed by atoms with Crippen LogP contribution in [0.5, 0.6) is 5.75 Å². The van der Waals surface area contributed by atoms with Crippen molar-refractivity contribution in [3.8, 4) is 5.75 Å². The monoisotopic (exact) mass is 426 g/mol. The molecule has 0 bridgehead atoms. The van der Waals surface area contributed by atoms with E-state index in [1.54, 1.807) is 11.8 Å². The molecule has 1 atom stereocenters. The van der Waals surface area contributed by atoms with Gasteiger partial charge in [0.2, 0.25) is 5.78 Å². The molecule has 30 heavy (non-hydrogen) atoms. The maximum Gasteiger partial charge on any atom is 0.290 e. The van der Waals surface area contributed by atoms with Crippen LogP contribution in [0.2, 0.25) is 0 Å². The van der Waals surface area contributed by atoms with Gasteiger partial charge in [-0.2, -0.15) is 0 Å². The van der Waals surface area contributed by atoms with Crippen LogP contribution in [0.3, 0.4) is 0 Å². The molecular weight excluding hydrogens is 400 g/mol. The Morgan fingerprint density at radius 1 is 1.30 bits per heavy atom. The van der Waals surface area contributed by atoms with Crippen molar-refractivity contribution in [3.05, 3.63) is 56.7 Å². The van der Waals surface area contributed by atoms with Gasteiger partial charge in [0, 0.05) is 6.04 Å². The number of nitrogens with zero attached hydrogens (tertiary/aromatic N) is 2. The summed E-state index contributed by atoms with van der Waals surface area (Å²) in [5.41, 5.74) is 1.54. The Kier molecular flexibility index (Phi) is 5.64. The molecule has 1 amide bonds. The fourth-order valence-corrected chi connectivity index (χ4v) is 5.42. The molecule has 1 aliphatic heterocycles. The van der Waals surface area contributed by atoms with Crippen molar-refractivity contribution in [3.63, 3.8) is 0 Å². The molecule has 1 fully saturated rings. The highest BCUT2D eigenvalue weighted by molar-refractivity contribution is 7.14. The molecule has 2 heterocycles. The van der Waals surface area contributed by atoms with Crippen molar-refractivity contribution in [1.29, 1.82) is 0 Å². The van der Waals surface area contributed by atoms with Gasteiger partial charge in [-0.1, -0.05) is 25.0 Å². The van der Waals surface area contributed by atoms with Crippen LogP contribution in [0.1, 0.15) is 64.6 Å². The molecule has 1 N–H and O–H groups in total. The van der Waals surface area contributed by atoms with Crippen molar-refractivity contribution in [2.45, 2.75) is 58.5 Å². The normalized spacial score (nSPS) is 19.8. The second-order valence-corrected chi connectivity index (χ2v) is 9.00. The topological polar surface area (TPSA) is 79.7 Å². The van der Waals surface area contributed by atoms with Gasteiger partial charge in [-0.15, -0.1) is 11.3 Å². The average Bonchev–Trinajstić information content (AvgIpc) is 3.41. The van der Waals surface area contributed by atoms with Gasteiger partial charge in [0.1, 0.15) is 5.75 Å². The number of rotatable bonds is 6. The number of amides is 1. The SMILES string of the molecule is CCOc1cccc(C2C(C(=O)c3sc(C)nc3C)=C(O)C(=O)N2C2CCCC2)c1. The first kappa shape index (κ1) is 20.6. The first-order chi connectivity index (χ1) is 14.4. The van der Waals surface area contributed by atoms with Gasteiger partial charge < -0.3 is 14.7 Å². The molecule has 1 unspecified atom stereocenters. The highest BCUT2D eigenvalue weighted by Crippen LogP contribution is 2.44. The second-order valence-electron chi connectivity index (χ2n) is 7.80. The van der Waals surface area contributed by atoms with Crippen LogP contribution in [-0.2, 0) is 4.79 Å². The van der Waals surface area contributed by atoms with E-state index in [9.17, 15) is 14.7 Å². The molecule has 158 valence electrons. The first-order valence-corrected chi connectivity index (χ1v) is 11.2. The molecule has 0 radical (unpaired) electrons. The van der Waals surface area contributed by atoms with E-state index in [-0.39, 0.29) is 17.4 Å². The van der Waals surface area contributed by atoms with E-state index < -0.39 is 17.7 Å². The van der Waals surface area contributed by atoms with Crippen molar-refractivity contribution < 1.29 is 19.4 Å². The molecular formula is C23H26N2O4S. The van der Waals surface area contributed by atoms with E-state index >= 15 is 0 Å². The minimum Gasteiger partial charge on any atom is -0.503 e. The van der Waals surface area contributed by atoms with Crippen molar-refractivity contribution in [2.24, 2.45) is 0 Å². The van der Waals surface area contributed by atoms with Crippen LogP contribution < -0.4 is 4.74 Å². The van der Waals surface area contributed by atoms with Crippen molar-refractivity contribution >= 4 is 23.0 Å². The molecule has 0 saturated heterocycles. The maximum atomic E-state index is 13.5. The number of hydrogen-bond donors (Lipinski definition) is 1. The van der Waals surface area contributed by atoms with Crippen LogP contribution in [0.25, 0.3) is 0 Å². The molecule has 1 aromatic heterocycles. The predicted molar refractivity (Wildman–Crippen MR) is 115 cm³/mol. The molecule has 6 nitrogen and oxygen atoms in total. The van der Waals surface area contributed by atoms with E-state index in [1.165, 1.54) is 11.3 Å². The Bertz CT molecular complexity index is 1020. The Morgan fingerprint density at radius 2 is 2.03 bits per heavy atom. The van der Waals surface area contributed by atoms with Crippen molar-refractivity contribution in [1.82, 2.24) is 9.88 Å². The van der Waals surface area contributed by atoms with E-state index in [2.05, 4.69) is 4.98 Å². The van der Waals surface area contributed by atoms with Crippen LogP contribution >= 0.6 is 11.3 Å². The third-order valence-corrected chi connectivity index (χ3v) is 6.87. The van der Waals surface area contributed by atoms with Gasteiger partial charge in [-0.05, 0) is 51.3 Å². The molecule has 2 aliphatic rings. The van der Waals surface area contributed by atoms with E-state index in [1.807, 2.05) is 38.1 Å². The van der Waals surface area contributed by atoms with Gasteiger partial charge in [0.05, 0.1) is 33.8 Å². The maximum absolute atomic E-state index is 13.5. The number of thiazole rings is 1. The summed E-state index contributed by atoms with van der Waals surface area (Å²) in [6.07, 6.45) is 3.83. The third kappa shape index (κ3) is 3.51. The van der Waals surface area contributed by atoms with Gasteiger partial charge in [-0.25, -0.2) is 4.98 Å². The molecule has 1 aliphatic carbocycles. The number of hydrogen-bond acceptors (Lipinski definition) is 6. The summed E-state index contributed by atoms with van der Waals surface area (Å²) >= 11 is 1.29. The minimum atomic E-state index is -0.629. The predicted octanol–water partition coefficient (Wildman–Crippen LogP) is 4.68. The minimum absolute atomic E-state index is 0.00925. The van der Waals surface area contributed by atoms with Crippen molar-refractivity contribution in [2.75, 3.05) is 6.61 Å². The molecule has 0 spiro atoms. The number of ketones is 1. The number of aryl methyl sites for hydroxylation is 2. The first-order valence-electron chi connectivity index (χ1n) is 10.4. The van der Waals surface area contributed by atoms with Gasteiger partial charge >= 0.3 is 0 Å². The van der Waals surface area contributed by atoms with E-state index in [0.717, 1.165) is 36.3 Å². The zero-order valence-electron chi connectivity index (χ0n) is 17.5. The molecule has 1 saturated carbocycles. The number of benzene rings is 1. The van der Waals surface area contributed by atoms with Gasteiger partial charge in [0.15, 0.2) is 5.76 Å². The quantitative estimate of drug-likeness (QED) is 0.679. The lowest BCUT2D eigenvalue weighted by Gasteiger charge is -2.32. The average molecular weight is 427 g/mol. The van der Waals surface area contributed by atoms with Crippen LogP contribution in [-0.4, -0.2) is 39.3 Å². The highest BCUT2D eigenvalue weighted by atomic mass is 32.1. The number of aromatic nitrogens is 1. The highest BCUT2D eigenvalue weighted by Gasteiger charge is 2.47. The zero-order chi connectivity index (χ0) is 21.4. The van der Waals surface area contributed by atoms with E-state index in [4.69, 9.17) is 4.74 Å². The van der Waals surface area contributed by atoms with Crippen LogP contribution in [0.4, 0.5) is 0 Å². The largest absolute Gasteiger partial charge is 0.503 e. The molecule has 1 aromatic carbocycles. The second kappa shape index (κ2) is 8.22. The lowest BCUT2D eigenvalue weighted by molar-refractivity contribution is -0.131. The standard InChI is InChI=1S/C23H26N2O4S/c1-4-29-17-11-7-8-15(12-17)19-18(20(26)22-13(2)24-14(3)30-22)21(27)23(28)25(19)16-9-5-6-10-16/h7-8,11-12,16,19,27H,4-6,9-10H2,1-3H3. The Balaban J connectivity index is 1.83. The van der Waals surface area contributed by atoms with Gasteiger partial charge in [-0.3, -0.25) is 9.59 Å². The number of ether oxygens (including phenoxy) is 1. The summed E-state index contributed by atoms with van der Waals surface area (Å²) < 4.78 is 5.65. The number of aliphatic hydroxyl groups excluding tert-OH is 1. The fraction of sp³-hybridized carbons (Fsp3) is 0.435. The number of Topliss-reactive ketones (excluding diaryl/α,β-unsaturated/α-hetero) is 1.